The van der Waals surface area contributed by atoms with E-state index in [-0.39, 0.29) is 0 Å². The molecule has 5 nitrogen and oxygen atoms in total. The van der Waals surface area contributed by atoms with Crippen LogP contribution in [0.2, 0.25) is 0 Å². The van der Waals surface area contributed by atoms with Crippen LogP contribution in [-0.2, 0) is 5.79 Å². The number of carbonyl (C=O) groups is 1. The van der Waals surface area contributed by atoms with Gasteiger partial charge >= 0.3 is 6.16 Å². The van der Waals surface area contributed by atoms with Gasteiger partial charge in [-0.2, -0.15) is 0 Å². The lowest BCUT2D eigenvalue weighted by molar-refractivity contribution is -0.171. The summed E-state index contributed by atoms with van der Waals surface area (Å²) in [6, 6.07) is 26.4. The van der Waals surface area contributed by atoms with Gasteiger partial charge in [0.05, 0.1) is 0 Å². The third kappa shape index (κ3) is 6.93. The summed E-state index contributed by atoms with van der Waals surface area (Å²) in [7, 11) is 0. The molecule has 0 aromatic heterocycles. The summed E-state index contributed by atoms with van der Waals surface area (Å²) in [5, 5.41) is 18.7. The van der Waals surface area contributed by atoms with E-state index >= 15 is 0 Å². The SMILES string of the molecule is CCC(O)(O)c1ccccc1.O=C(Oc1ccccc1)Oc1ccccc1. The third-order valence-electron chi connectivity index (χ3n) is 3.62. The summed E-state index contributed by atoms with van der Waals surface area (Å²) < 4.78 is 9.91. The minimum absolute atomic E-state index is 0.303. The van der Waals surface area contributed by atoms with Gasteiger partial charge in [0.15, 0.2) is 5.79 Å². The lowest BCUT2D eigenvalue weighted by atomic mass is 10.0. The molecule has 0 saturated heterocycles. The Kier molecular flexibility index (Phi) is 7.55. The molecule has 0 heterocycles. The Labute approximate surface area is 158 Å². The van der Waals surface area contributed by atoms with Crippen LogP contribution in [0.15, 0.2) is 91.0 Å². The highest BCUT2D eigenvalue weighted by Crippen LogP contribution is 2.20. The van der Waals surface area contributed by atoms with Crippen LogP contribution < -0.4 is 9.47 Å². The van der Waals surface area contributed by atoms with Gasteiger partial charge in [0.2, 0.25) is 0 Å². The van der Waals surface area contributed by atoms with E-state index in [4.69, 9.17) is 9.47 Å². The van der Waals surface area contributed by atoms with E-state index in [1.54, 1.807) is 79.7 Å². The fraction of sp³-hybridized carbons (Fsp3) is 0.136. The molecule has 0 aliphatic rings. The number of hydrogen-bond donors (Lipinski definition) is 2. The van der Waals surface area contributed by atoms with Crippen LogP contribution in [0.1, 0.15) is 18.9 Å². The van der Waals surface area contributed by atoms with E-state index < -0.39 is 11.9 Å². The first-order valence-corrected chi connectivity index (χ1v) is 8.51. The van der Waals surface area contributed by atoms with Crippen molar-refractivity contribution in [3.63, 3.8) is 0 Å². The van der Waals surface area contributed by atoms with Gasteiger partial charge in [-0.05, 0) is 24.3 Å². The van der Waals surface area contributed by atoms with Crippen molar-refractivity contribution >= 4 is 6.16 Å². The Hall–Kier alpha value is -3.15. The molecule has 0 radical (unpaired) electrons. The van der Waals surface area contributed by atoms with Crippen LogP contribution >= 0.6 is 0 Å². The molecule has 3 aromatic carbocycles. The standard InChI is InChI=1S/C13H10O3.C9H12O2/c14-13(15-11-7-3-1-4-8-11)16-12-9-5-2-6-10-12;1-2-9(10,11)8-6-4-3-5-7-8/h1-10H;3-7,10-11H,2H2,1H3. The molecule has 3 rings (SSSR count). The number of ether oxygens (including phenoxy) is 2. The normalized spacial score (nSPS) is 10.3. The Morgan fingerprint density at radius 1 is 0.741 bits per heavy atom. The molecular formula is C22H22O5. The van der Waals surface area contributed by atoms with Gasteiger partial charge < -0.3 is 19.7 Å². The molecule has 0 bridgehead atoms. The minimum Gasteiger partial charge on any atom is -0.395 e. The van der Waals surface area contributed by atoms with Crippen molar-refractivity contribution in [2.75, 3.05) is 0 Å². The zero-order chi connectivity index (χ0) is 19.5. The molecule has 140 valence electrons. The highest BCUT2D eigenvalue weighted by Gasteiger charge is 2.21. The van der Waals surface area contributed by atoms with Crippen molar-refractivity contribution in [1.29, 1.82) is 0 Å². The topological polar surface area (TPSA) is 76.0 Å². The average molecular weight is 366 g/mol. The molecule has 0 aliphatic heterocycles. The zero-order valence-corrected chi connectivity index (χ0v) is 15.0. The van der Waals surface area contributed by atoms with Crippen LogP contribution in [0.25, 0.3) is 0 Å². The maximum atomic E-state index is 11.3. The predicted molar refractivity (Wildman–Crippen MR) is 102 cm³/mol. The van der Waals surface area contributed by atoms with Crippen molar-refractivity contribution in [1.82, 2.24) is 0 Å². The summed E-state index contributed by atoms with van der Waals surface area (Å²) >= 11 is 0. The summed E-state index contributed by atoms with van der Waals surface area (Å²) in [5.41, 5.74) is 0.544. The van der Waals surface area contributed by atoms with Crippen molar-refractivity contribution in [3.05, 3.63) is 96.6 Å². The van der Waals surface area contributed by atoms with Gasteiger partial charge in [-0.1, -0.05) is 73.7 Å². The van der Waals surface area contributed by atoms with Crippen LogP contribution in [0.3, 0.4) is 0 Å². The van der Waals surface area contributed by atoms with Crippen LogP contribution in [0, 0.1) is 0 Å². The van der Waals surface area contributed by atoms with E-state index in [1.807, 2.05) is 18.2 Å². The lowest BCUT2D eigenvalue weighted by Gasteiger charge is -2.19. The Morgan fingerprint density at radius 2 is 1.11 bits per heavy atom. The Bertz CT molecular complexity index is 758. The molecule has 0 aliphatic carbocycles. The summed E-state index contributed by atoms with van der Waals surface area (Å²) in [4.78, 5) is 11.3. The molecule has 0 spiro atoms. The summed E-state index contributed by atoms with van der Waals surface area (Å²) in [6.07, 6.45) is -0.436. The van der Waals surface area contributed by atoms with E-state index in [1.165, 1.54) is 0 Å². The maximum Gasteiger partial charge on any atom is 0.519 e. The van der Waals surface area contributed by atoms with Crippen LogP contribution in [0.4, 0.5) is 4.79 Å². The molecule has 27 heavy (non-hydrogen) atoms. The molecule has 0 unspecified atom stereocenters. The van der Waals surface area contributed by atoms with Crippen LogP contribution in [0.5, 0.6) is 11.5 Å². The number of aliphatic hydroxyl groups is 2. The van der Waals surface area contributed by atoms with E-state index in [2.05, 4.69) is 0 Å². The lowest BCUT2D eigenvalue weighted by Crippen LogP contribution is -2.23. The summed E-state index contributed by atoms with van der Waals surface area (Å²) in [5.74, 6) is -0.742. The molecule has 0 amide bonds. The number of benzene rings is 3. The quantitative estimate of drug-likeness (QED) is 0.404. The first-order valence-electron chi connectivity index (χ1n) is 8.51. The Morgan fingerprint density at radius 3 is 1.48 bits per heavy atom. The zero-order valence-electron chi connectivity index (χ0n) is 15.0. The first kappa shape index (κ1) is 20.2. The molecule has 2 N–H and O–H groups in total. The average Bonchev–Trinajstić information content (AvgIpc) is 2.70. The van der Waals surface area contributed by atoms with E-state index in [9.17, 15) is 15.0 Å². The molecule has 0 saturated carbocycles. The highest BCUT2D eigenvalue weighted by molar-refractivity contribution is 5.66. The second-order valence-corrected chi connectivity index (χ2v) is 5.62. The fourth-order valence-electron chi connectivity index (χ4n) is 2.10. The number of hydrogen-bond acceptors (Lipinski definition) is 5. The predicted octanol–water partition coefficient (Wildman–Crippen LogP) is 4.50. The van der Waals surface area contributed by atoms with Gasteiger partial charge in [0.25, 0.3) is 0 Å². The van der Waals surface area contributed by atoms with Crippen molar-refractivity contribution in [3.8, 4) is 11.5 Å². The van der Waals surface area contributed by atoms with E-state index in [0.717, 1.165) is 0 Å². The molecule has 5 heteroatoms. The monoisotopic (exact) mass is 366 g/mol. The molecular weight excluding hydrogens is 344 g/mol. The van der Waals surface area contributed by atoms with Crippen molar-refractivity contribution in [2.24, 2.45) is 0 Å². The van der Waals surface area contributed by atoms with Gasteiger partial charge in [0, 0.05) is 12.0 Å². The van der Waals surface area contributed by atoms with Crippen LogP contribution in [-0.4, -0.2) is 16.4 Å². The second kappa shape index (κ2) is 10.1. The highest BCUT2D eigenvalue weighted by atomic mass is 16.7. The third-order valence-corrected chi connectivity index (χ3v) is 3.62. The summed E-state index contributed by atoms with van der Waals surface area (Å²) in [6.45, 7) is 1.73. The molecule has 3 aromatic rings. The smallest absolute Gasteiger partial charge is 0.395 e. The minimum atomic E-state index is -1.67. The number of para-hydroxylation sites is 2. The van der Waals surface area contributed by atoms with Crippen molar-refractivity contribution < 1.29 is 24.5 Å². The molecule has 0 fully saturated rings. The van der Waals surface area contributed by atoms with Gasteiger partial charge in [-0.25, -0.2) is 4.79 Å². The first-order chi connectivity index (χ1) is 13.0. The maximum absolute atomic E-state index is 11.3. The number of rotatable bonds is 4. The Balaban J connectivity index is 0.000000208. The van der Waals surface area contributed by atoms with Gasteiger partial charge in [0.1, 0.15) is 11.5 Å². The second-order valence-electron chi connectivity index (χ2n) is 5.62. The van der Waals surface area contributed by atoms with E-state index in [0.29, 0.717) is 23.5 Å². The number of carbonyl (C=O) groups excluding carboxylic acids is 1. The van der Waals surface area contributed by atoms with Crippen molar-refractivity contribution in [2.45, 2.75) is 19.1 Å². The van der Waals surface area contributed by atoms with Gasteiger partial charge in [-0.15, -0.1) is 0 Å². The molecule has 0 atom stereocenters. The van der Waals surface area contributed by atoms with Gasteiger partial charge in [-0.3, -0.25) is 0 Å². The largest absolute Gasteiger partial charge is 0.519 e. The fourth-order valence-corrected chi connectivity index (χ4v) is 2.10.